The summed E-state index contributed by atoms with van der Waals surface area (Å²) in [6, 6.07) is 9.13. The molecule has 0 radical (unpaired) electrons. The number of hydrogen-bond donors (Lipinski definition) is 1. The van der Waals surface area contributed by atoms with Crippen LogP contribution in [0.3, 0.4) is 0 Å². The Bertz CT molecular complexity index is 701. The molecule has 2 rings (SSSR count). The van der Waals surface area contributed by atoms with Crippen LogP contribution < -0.4 is 10.1 Å². The molecule has 2 aromatic rings. The van der Waals surface area contributed by atoms with Crippen molar-refractivity contribution < 1.29 is 9.53 Å². The fourth-order valence-electron chi connectivity index (χ4n) is 1.87. The topological polar surface area (TPSA) is 38.3 Å². The predicted molar refractivity (Wildman–Crippen MR) is 94.5 cm³/mol. The first-order valence-electron chi connectivity index (χ1n) is 6.38. The van der Waals surface area contributed by atoms with Crippen molar-refractivity contribution >= 4 is 46.0 Å². The van der Waals surface area contributed by atoms with E-state index in [1.165, 1.54) is 0 Å². The third kappa shape index (κ3) is 4.11. The highest BCUT2D eigenvalue weighted by molar-refractivity contribution is 14.1. The van der Waals surface area contributed by atoms with Crippen LogP contribution in [-0.2, 0) is 0 Å². The predicted octanol–water partition coefficient (Wildman–Crippen LogP) is 5.48. The van der Waals surface area contributed by atoms with Crippen LogP contribution in [0.2, 0.25) is 5.02 Å². The second kappa shape index (κ2) is 6.66. The Kier molecular flexibility index (Phi) is 5.11. The zero-order valence-corrected chi connectivity index (χ0v) is 14.9. The lowest BCUT2D eigenvalue weighted by molar-refractivity contribution is 0.215. The second-order valence-corrected chi connectivity index (χ2v) is 6.44. The van der Waals surface area contributed by atoms with Gasteiger partial charge in [-0.3, -0.25) is 5.32 Å². The summed E-state index contributed by atoms with van der Waals surface area (Å²) < 4.78 is 6.53. The van der Waals surface area contributed by atoms with Gasteiger partial charge >= 0.3 is 6.09 Å². The number of carbonyl (C=O) groups excluding carboxylic acids is 1. The number of ether oxygens (including phenoxy) is 1. The van der Waals surface area contributed by atoms with Crippen molar-refractivity contribution in [3.8, 4) is 5.75 Å². The van der Waals surface area contributed by atoms with Crippen molar-refractivity contribution in [2.24, 2.45) is 0 Å². The molecule has 0 fully saturated rings. The molecule has 0 aromatic heterocycles. The van der Waals surface area contributed by atoms with Crippen molar-refractivity contribution in [2.75, 3.05) is 5.32 Å². The lowest BCUT2D eigenvalue weighted by Crippen LogP contribution is -2.18. The highest BCUT2D eigenvalue weighted by Crippen LogP contribution is 2.25. The van der Waals surface area contributed by atoms with Crippen LogP contribution in [0.25, 0.3) is 0 Å². The zero-order chi connectivity index (χ0) is 15.6. The molecule has 0 unspecified atom stereocenters. The summed E-state index contributed by atoms with van der Waals surface area (Å²) in [6.45, 7) is 5.77. The van der Waals surface area contributed by atoms with E-state index < -0.39 is 6.09 Å². The van der Waals surface area contributed by atoms with E-state index in [4.69, 9.17) is 16.3 Å². The lowest BCUT2D eigenvalue weighted by atomic mass is 10.1. The SMILES string of the molecule is Cc1cc(OC(=O)Nc2ccc(Cl)cc2C)c(C)cc1I. The molecule has 3 nitrogen and oxygen atoms in total. The van der Waals surface area contributed by atoms with Gasteiger partial charge in [-0.05, 0) is 90.4 Å². The van der Waals surface area contributed by atoms with Gasteiger partial charge in [0.25, 0.3) is 0 Å². The van der Waals surface area contributed by atoms with Crippen molar-refractivity contribution in [3.05, 3.63) is 55.6 Å². The molecule has 5 heteroatoms. The first kappa shape index (κ1) is 16.1. The largest absolute Gasteiger partial charge is 0.417 e. The van der Waals surface area contributed by atoms with Crippen molar-refractivity contribution in [1.29, 1.82) is 0 Å². The second-order valence-electron chi connectivity index (χ2n) is 4.84. The molecular weight excluding hydrogens is 401 g/mol. The van der Waals surface area contributed by atoms with Crippen molar-refractivity contribution in [2.45, 2.75) is 20.8 Å². The standard InChI is InChI=1S/C16H15ClINO2/c1-9-8-15(11(3)7-13(9)18)21-16(20)19-14-5-4-12(17)6-10(14)2/h4-8H,1-3H3,(H,19,20). The maximum Gasteiger partial charge on any atom is 0.417 e. The third-order valence-corrected chi connectivity index (χ3v) is 4.48. The summed E-state index contributed by atoms with van der Waals surface area (Å²) in [5.74, 6) is 0.567. The van der Waals surface area contributed by atoms with E-state index in [1.54, 1.807) is 18.2 Å². The molecule has 1 N–H and O–H groups in total. The van der Waals surface area contributed by atoms with Gasteiger partial charge in [0.1, 0.15) is 5.75 Å². The Balaban J connectivity index is 2.13. The number of amides is 1. The molecule has 0 aliphatic carbocycles. The summed E-state index contributed by atoms with van der Waals surface area (Å²) in [5, 5.41) is 3.36. The van der Waals surface area contributed by atoms with Crippen molar-refractivity contribution in [1.82, 2.24) is 0 Å². The van der Waals surface area contributed by atoms with Crippen LogP contribution in [0.15, 0.2) is 30.3 Å². The maximum atomic E-state index is 12.0. The highest BCUT2D eigenvalue weighted by Gasteiger charge is 2.10. The van der Waals surface area contributed by atoms with E-state index in [9.17, 15) is 4.79 Å². The molecule has 0 spiro atoms. The van der Waals surface area contributed by atoms with Gasteiger partial charge in [0, 0.05) is 14.3 Å². The number of aryl methyl sites for hydroxylation is 3. The van der Waals surface area contributed by atoms with Gasteiger partial charge in [-0.15, -0.1) is 0 Å². The van der Waals surface area contributed by atoms with Gasteiger partial charge in [-0.2, -0.15) is 0 Å². The molecule has 0 heterocycles. The summed E-state index contributed by atoms with van der Waals surface area (Å²) >= 11 is 8.15. The minimum absolute atomic E-state index is 0.510. The summed E-state index contributed by atoms with van der Waals surface area (Å²) in [6.07, 6.45) is -0.510. The number of hydrogen-bond acceptors (Lipinski definition) is 2. The maximum absolute atomic E-state index is 12.0. The van der Waals surface area contributed by atoms with Crippen molar-refractivity contribution in [3.63, 3.8) is 0 Å². The number of benzene rings is 2. The van der Waals surface area contributed by atoms with Crippen LogP contribution in [-0.4, -0.2) is 6.09 Å². The molecule has 0 saturated heterocycles. The molecular formula is C16H15ClINO2. The van der Waals surface area contributed by atoms with Gasteiger partial charge in [0.2, 0.25) is 0 Å². The van der Waals surface area contributed by atoms with E-state index in [2.05, 4.69) is 27.9 Å². The average Bonchev–Trinajstić information content (AvgIpc) is 2.39. The number of carbonyl (C=O) groups is 1. The summed E-state index contributed by atoms with van der Waals surface area (Å²) in [5.41, 5.74) is 3.57. The Morgan fingerprint density at radius 1 is 1.10 bits per heavy atom. The first-order chi connectivity index (χ1) is 9.86. The highest BCUT2D eigenvalue weighted by atomic mass is 127. The van der Waals surface area contributed by atoms with E-state index in [1.807, 2.05) is 32.9 Å². The summed E-state index contributed by atoms with van der Waals surface area (Å²) in [4.78, 5) is 12.0. The number of halogens is 2. The number of rotatable bonds is 2. The van der Waals surface area contributed by atoms with E-state index in [0.717, 1.165) is 20.3 Å². The Morgan fingerprint density at radius 3 is 2.48 bits per heavy atom. The molecule has 0 atom stereocenters. The minimum Gasteiger partial charge on any atom is -0.410 e. The van der Waals surface area contributed by atoms with Crippen LogP contribution >= 0.6 is 34.2 Å². The molecule has 1 amide bonds. The van der Waals surface area contributed by atoms with Gasteiger partial charge in [0.15, 0.2) is 0 Å². The fraction of sp³-hybridized carbons (Fsp3) is 0.188. The zero-order valence-electron chi connectivity index (χ0n) is 12.0. The minimum atomic E-state index is -0.510. The summed E-state index contributed by atoms with van der Waals surface area (Å²) in [7, 11) is 0. The number of nitrogens with one attached hydrogen (secondary N) is 1. The molecule has 2 aromatic carbocycles. The fourth-order valence-corrected chi connectivity index (χ4v) is 2.72. The third-order valence-electron chi connectivity index (χ3n) is 3.08. The van der Waals surface area contributed by atoms with Gasteiger partial charge in [-0.25, -0.2) is 4.79 Å². The quantitative estimate of drug-likeness (QED) is 0.660. The van der Waals surface area contributed by atoms with Crippen LogP contribution in [0.5, 0.6) is 5.75 Å². The Labute approximate surface area is 142 Å². The number of anilines is 1. The Morgan fingerprint density at radius 2 is 1.81 bits per heavy atom. The lowest BCUT2D eigenvalue weighted by Gasteiger charge is -2.12. The van der Waals surface area contributed by atoms with E-state index in [0.29, 0.717) is 16.5 Å². The first-order valence-corrected chi connectivity index (χ1v) is 7.84. The van der Waals surface area contributed by atoms with Crippen LogP contribution in [0.4, 0.5) is 10.5 Å². The van der Waals surface area contributed by atoms with E-state index >= 15 is 0 Å². The van der Waals surface area contributed by atoms with E-state index in [-0.39, 0.29) is 0 Å². The smallest absolute Gasteiger partial charge is 0.410 e. The molecule has 0 aliphatic heterocycles. The normalized spacial score (nSPS) is 10.3. The molecule has 0 bridgehead atoms. The average molecular weight is 416 g/mol. The van der Waals surface area contributed by atoms with Gasteiger partial charge in [0.05, 0.1) is 0 Å². The van der Waals surface area contributed by atoms with Gasteiger partial charge < -0.3 is 4.74 Å². The van der Waals surface area contributed by atoms with Gasteiger partial charge in [-0.1, -0.05) is 11.6 Å². The molecule has 0 aliphatic rings. The molecule has 21 heavy (non-hydrogen) atoms. The molecule has 110 valence electrons. The van der Waals surface area contributed by atoms with Crippen LogP contribution in [0.1, 0.15) is 16.7 Å². The Hall–Kier alpha value is -1.27. The van der Waals surface area contributed by atoms with Crippen LogP contribution in [0, 0.1) is 24.3 Å². The molecule has 0 saturated carbocycles. The monoisotopic (exact) mass is 415 g/mol.